The monoisotopic (exact) mass is 302 g/mol. The van der Waals surface area contributed by atoms with Gasteiger partial charge < -0.3 is 5.32 Å². The van der Waals surface area contributed by atoms with Gasteiger partial charge in [-0.25, -0.2) is 5.43 Å². The first-order valence-electron chi connectivity index (χ1n) is 6.22. The van der Waals surface area contributed by atoms with Gasteiger partial charge in [0.15, 0.2) is 0 Å². The highest BCUT2D eigenvalue weighted by atomic mass is 32.1. The normalized spacial score (nSPS) is 10.5. The van der Waals surface area contributed by atoms with E-state index in [9.17, 15) is 9.59 Å². The molecule has 2 heterocycles. The highest BCUT2D eigenvalue weighted by Gasteiger charge is 2.12. The molecule has 108 valence electrons. The molecular weight excluding hydrogens is 288 g/mol. The maximum absolute atomic E-state index is 11.6. The quantitative estimate of drug-likeness (QED) is 0.506. The first kappa shape index (κ1) is 14.9. The second-order valence-corrected chi connectivity index (χ2v) is 5.12. The van der Waals surface area contributed by atoms with E-state index in [0.29, 0.717) is 5.69 Å². The van der Waals surface area contributed by atoms with Gasteiger partial charge in [-0.3, -0.25) is 14.6 Å². The number of aromatic nitrogens is 1. The minimum Gasteiger partial charge on any atom is -0.342 e. The summed E-state index contributed by atoms with van der Waals surface area (Å²) in [6, 6.07) is 7.30. The first-order valence-corrected chi connectivity index (χ1v) is 7.10. The van der Waals surface area contributed by atoms with E-state index in [4.69, 9.17) is 0 Å². The summed E-state index contributed by atoms with van der Waals surface area (Å²) < 4.78 is 0. The molecule has 0 saturated carbocycles. The van der Waals surface area contributed by atoms with Gasteiger partial charge >= 0.3 is 11.8 Å². The summed E-state index contributed by atoms with van der Waals surface area (Å²) in [5.41, 5.74) is 3.93. The molecule has 2 N–H and O–H groups in total. The summed E-state index contributed by atoms with van der Waals surface area (Å²) in [5, 5.41) is 8.16. The van der Waals surface area contributed by atoms with Gasteiger partial charge in [-0.2, -0.15) is 5.10 Å². The number of carbonyl (C=O) groups excluding carboxylic acids is 2. The molecule has 0 aliphatic rings. The van der Waals surface area contributed by atoms with E-state index in [-0.39, 0.29) is 6.54 Å². The van der Waals surface area contributed by atoms with Crippen LogP contribution >= 0.6 is 11.3 Å². The lowest BCUT2D eigenvalue weighted by Gasteiger charge is -2.02. The van der Waals surface area contributed by atoms with Gasteiger partial charge in [0, 0.05) is 11.1 Å². The predicted molar refractivity (Wildman–Crippen MR) is 80.9 cm³/mol. The maximum Gasteiger partial charge on any atom is 0.329 e. The van der Waals surface area contributed by atoms with Crippen molar-refractivity contribution in [2.75, 3.05) is 0 Å². The smallest absolute Gasteiger partial charge is 0.329 e. The Hall–Kier alpha value is -2.54. The first-order chi connectivity index (χ1) is 10.2. The number of hydrogen-bond donors (Lipinski definition) is 2. The Morgan fingerprint density at radius 2 is 2.19 bits per heavy atom. The second-order valence-electron chi connectivity index (χ2n) is 4.17. The summed E-state index contributed by atoms with van der Waals surface area (Å²) in [4.78, 5) is 28.1. The minimum atomic E-state index is -0.809. The van der Waals surface area contributed by atoms with Crippen LogP contribution in [0, 0.1) is 6.92 Å². The lowest BCUT2D eigenvalue weighted by Crippen LogP contribution is -2.37. The Morgan fingerprint density at radius 1 is 1.33 bits per heavy atom. The fraction of sp³-hybridized carbons (Fsp3) is 0.143. The standard InChI is InChI=1S/C14H14N4O2S/c1-10-5-7-21-12(10)9-17-18-14(20)13(19)16-8-11-4-2-3-6-15-11/h2-7,9H,8H2,1H3,(H,16,19)(H,18,20)/b17-9-. The number of hydrazone groups is 1. The predicted octanol–water partition coefficient (Wildman–Crippen LogP) is 1.22. The summed E-state index contributed by atoms with van der Waals surface area (Å²) in [6.45, 7) is 2.14. The summed E-state index contributed by atoms with van der Waals surface area (Å²) >= 11 is 1.51. The molecule has 0 aliphatic heterocycles. The minimum absolute atomic E-state index is 0.195. The van der Waals surface area contributed by atoms with Crippen LogP contribution in [0.15, 0.2) is 40.9 Å². The number of thiophene rings is 1. The Bertz CT molecular complexity index is 652. The fourth-order valence-corrected chi connectivity index (χ4v) is 2.26. The summed E-state index contributed by atoms with van der Waals surface area (Å²) in [7, 11) is 0. The van der Waals surface area contributed by atoms with Crippen LogP contribution in [0.25, 0.3) is 0 Å². The van der Waals surface area contributed by atoms with Crippen molar-refractivity contribution in [1.82, 2.24) is 15.7 Å². The number of hydrogen-bond acceptors (Lipinski definition) is 5. The third-order valence-corrected chi connectivity index (χ3v) is 3.57. The third-order valence-electron chi connectivity index (χ3n) is 2.61. The molecule has 0 aliphatic carbocycles. The van der Waals surface area contributed by atoms with Crippen LogP contribution in [0.2, 0.25) is 0 Å². The number of aryl methyl sites for hydroxylation is 1. The largest absolute Gasteiger partial charge is 0.342 e. The second kappa shape index (κ2) is 7.30. The van der Waals surface area contributed by atoms with Crippen molar-refractivity contribution in [2.24, 2.45) is 5.10 Å². The van der Waals surface area contributed by atoms with E-state index in [0.717, 1.165) is 10.4 Å². The molecule has 6 nitrogen and oxygen atoms in total. The Labute approximate surface area is 125 Å². The van der Waals surface area contributed by atoms with Crippen molar-refractivity contribution in [2.45, 2.75) is 13.5 Å². The van der Waals surface area contributed by atoms with Crippen molar-refractivity contribution in [1.29, 1.82) is 0 Å². The lowest BCUT2D eigenvalue weighted by atomic mass is 10.3. The molecule has 0 aromatic carbocycles. The maximum atomic E-state index is 11.6. The molecule has 2 amide bonds. The van der Waals surface area contributed by atoms with Crippen LogP contribution in [0.1, 0.15) is 16.1 Å². The van der Waals surface area contributed by atoms with Crippen LogP contribution in [0.5, 0.6) is 0 Å². The van der Waals surface area contributed by atoms with E-state index >= 15 is 0 Å². The highest BCUT2D eigenvalue weighted by Crippen LogP contribution is 2.12. The number of nitrogens with zero attached hydrogens (tertiary/aromatic N) is 2. The van der Waals surface area contributed by atoms with Crippen molar-refractivity contribution in [3.8, 4) is 0 Å². The summed E-state index contributed by atoms with van der Waals surface area (Å²) in [6.07, 6.45) is 3.14. The Morgan fingerprint density at radius 3 is 2.86 bits per heavy atom. The molecule has 2 aromatic heterocycles. The van der Waals surface area contributed by atoms with Gasteiger partial charge in [-0.1, -0.05) is 6.07 Å². The molecule has 0 fully saturated rings. The molecule has 7 heteroatoms. The van der Waals surface area contributed by atoms with E-state index in [1.165, 1.54) is 17.6 Å². The molecule has 2 rings (SSSR count). The van der Waals surface area contributed by atoms with Crippen molar-refractivity contribution < 1.29 is 9.59 Å². The van der Waals surface area contributed by atoms with Crippen LogP contribution in [-0.2, 0) is 16.1 Å². The SMILES string of the molecule is Cc1ccsc1/C=N\NC(=O)C(=O)NCc1ccccn1. The Kier molecular flexibility index (Phi) is 5.16. The van der Waals surface area contributed by atoms with Gasteiger partial charge in [0.05, 0.1) is 18.5 Å². The average molecular weight is 302 g/mol. The van der Waals surface area contributed by atoms with E-state index in [1.807, 2.05) is 24.4 Å². The van der Waals surface area contributed by atoms with Gasteiger partial charge in [0.25, 0.3) is 0 Å². The molecular formula is C14H14N4O2S. The highest BCUT2D eigenvalue weighted by molar-refractivity contribution is 7.11. The van der Waals surface area contributed by atoms with Gasteiger partial charge in [0.1, 0.15) is 0 Å². The van der Waals surface area contributed by atoms with Gasteiger partial charge in [-0.05, 0) is 36.1 Å². The number of carbonyl (C=O) groups is 2. The molecule has 0 atom stereocenters. The van der Waals surface area contributed by atoms with Crippen LogP contribution in [-0.4, -0.2) is 23.0 Å². The molecule has 0 spiro atoms. The number of nitrogens with one attached hydrogen (secondary N) is 2. The van der Waals surface area contributed by atoms with Crippen molar-refractivity contribution in [3.05, 3.63) is 52.0 Å². The molecule has 21 heavy (non-hydrogen) atoms. The topological polar surface area (TPSA) is 83.5 Å². The number of rotatable bonds is 4. The zero-order valence-electron chi connectivity index (χ0n) is 11.4. The van der Waals surface area contributed by atoms with E-state index in [1.54, 1.807) is 18.3 Å². The zero-order chi connectivity index (χ0) is 15.1. The molecule has 0 bridgehead atoms. The fourth-order valence-electron chi connectivity index (χ4n) is 1.47. The van der Waals surface area contributed by atoms with Crippen molar-refractivity contribution >= 4 is 29.4 Å². The summed E-state index contributed by atoms with van der Waals surface area (Å²) in [5.74, 6) is -1.56. The lowest BCUT2D eigenvalue weighted by molar-refractivity contribution is -0.139. The molecule has 0 unspecified atom stereocenters. The van der Waals surface area contributed by atoms with Crippen LogP contribution in [0.4, 0.5) is 0 Å². The zero-order valence-corrected chi connectivity index (χ0v) is 12.2. The molecule has 0 saturated heterocycles. The van der Waals surface area contributed by atoms with E-state index in [2.05, 4.69) is 20.8 Å². The Balaban J connectivity index is 1.79. The van der Waals surface area contributed by atoms with Crippen molar-refractivity contribution in [3.63, 3.8) is 0 Å². The molecule has 0 radical (unpaired) electrons. The van der Waals surface area contributed by atoms with Gasteiger partial charge in [-0.15, -0.1) is 11.3 Å². The average Bonchev–Trinajstić information content (AvgIpc) is 2.91. The van der Waals surface area contributed by atoms with Gasteiger partial charge in [0.2, 0.25) is 0 Å². The molecule has 2 aromatic rings. The number of pyridine rings is 1. The number of amides is 2. The third kappa shape index (κ3) is 4.50. The van der Waals surface area contributed by atoms with Crippen LogP contribution in [0.3, 0.4) is 0 Å². The van der Waals surface area contributed by atoms with E-state index < -0.39 is 11.8 Å². The van der Waals surface area contributed by atoms with Crippen LogP contribution < -0.4 is 10.7 Å².